The molecule has 0 radical (unpaired) electrons. The quantitative estimate of drug-likeness (QED) is 0.564. The van der Waals surface area contributed by atoms with E-state index in [0.717, 1.165) is 0 Å². The number of ether oxygens (including phenoxy) is 2. The predicted octanol–water partition coefficient (Wildman–Crippen LogP) is 0.781. The number of alkyl halides is 2. The van der Waals surface area contributed by atoms with Gasteiger partial charge >= 0.3 is 18.6 Å². The minimum absolute atomic E-state index is 0.211. The monoisotopic (exact) mass is 387 g/mol. The van der Waals surface area contributed by atoms with Crippen LogP contribution in [-0.4, -0.2) is 43.1 Å². The Morgan fingerprint density at radius 3 is 2.33 bits per heavy atom. The van der Waals surface area contributed by atoms with Gasteiger partial charge in [-0.05, 0) is 18.1 Å². The highest BCUT2D eigenvalue weighted by Crippen LogP contribution is 2.20. The molecule has 0 heterocycles. The van der Waals surface area contributed by atoms with Crippen LogP contribution in [0.25, 0.3) is 0 Å². The smallest absolute Gasteiger partial charge is 0.387 e. The number of carbonyl (C=O) groups is 4. The van der Waals surface area contributed by atoms with Crippen molar-refractivity contribution in [2.75, 3.05) is 6.54 Å². The van der Waals surface area contributed by atoms with E-state index in [4.69, 9.17) is 10.5 Å². The molecule has 0 unspecified atom stereocenters. The van der Waals surface area contributed by atoms with Gasteiger partial charge in [0.2, 0.25) is 0 Å². The van der Waals surface area contributed by atoms with Crippen LogP contribution in [0, 0.1) is 5.92 Å². The van der Waals surface area contributed by atoms with E-state index in [0.29, 0.717) is 0 Å². The van der Waals surface area contributed by atoms with Crippen LogP contribution in [0.5, 0.6) is 5.75 Å². The zero-order chi connectivity index (χ0) is 20.6. The van der Waals surface area contributed by atoms with E-state index >= 15 is 0 Å². The normalized spacial score (nSPS) is 11.6. The molecule has 1 rings (SSSR count). The molecule has 4 amide bonds. The Kier molecular flexibility index (Phi) is 8.11. The fourth-order valence-corrected chi connectivity index (χ4v) is 1.97. The Labute approximate surface area is 153 Å². The summed E-state index contributed by atoms with van der Waals surface area (Å²) in [4.78, 5) is 46.4. The molecule has 1 aromatic rings. The standard InChI is InChI=1S/C16H19F2N3O6/c1-8(2)12(14(24)21-16(19)25)27-11(22)7-20-13(23)9-5-3-4-6-10(9)26-15(17)18/h3-6,8,12,15H,7H2,1-2H3,(H,20,23)(H3,19,21,24,25)/t12-/m0/s1. The first-order valence-electron chi connectivity index (χ1n) is 7.73. The molecule has 0 spiro atoms. The van der Waals surface area contributed by atoms with Crippen molar-refractivity contribution in [3.63, 3.8) is 0 Å². The number of imide groups is 1. The summed E-state index contributed by atoms with van der Waals surface area (Å²) in [6.45, 7) is -0.640. The highest BCUT2D eigenvalue weighted by molar-refractivity contribution is 5.99. The highest BCUT2D eigenvalue weighted by atomic mass is 19.3. The second-order valence-corrected chi connectivity index (χ2v) is 5.57. The van der Waals surface area contributed by atoms with Gasteiger partial charge in [0.25, 0.3) is 11.8 Å². The van der Waals surface area contributed by atoms with Gasteiger partial charge < -0.3 is 20.5 Å². The van der Waals surface area contributed by atoms with E-state index in [1.54, 1.807) is 19.2 Å². The van der Waals surface area contributed by atoms with Gasteiger partial charge in [-0.2, -0.15) is 8.78 Å². The van der Waals surface area contributed by atoms with E-state index < -0.39 is 49.0 Å². The number of para-hydroxylation sites is 1. The number of hydrogen-bond acceptors (Lipinski definition) is 6. The molecule has 11 heteroatoms. The lowest BCUT2D eigenvalue weighted by atomic mass is 10.1. The fourth-order valence-electron chi connectivity index (χ4n) is 1.97. The topological polar surface area (TPSA) is 137 Å². The molecular weight excluding hydrogens is 368 g/mol. The highest BCUT2D eigenvalue weighted by Gasteiger charge is 2.27. The molecule has 148 valence electrons. The van der Waals surface area contributed by atoms with Crippen LogP contribution in [0.3, 0.4) is 0 Å². The van der Waals surface area contributed by atoms with Gasteiger partial charge in [-0.25, -0.2) is 4.79 Å². The SMILES string of the molecule is CC(C)[C@H](OC(=O)CNC(=O)c1ccccc1OC(F)F)C(=O)NC(N)=O. The van der Waals surface area contributed by atoms with Crippen LogP contribution in [-0.2, 0) is 14.3 Å². The van der Waals surface area contributed by atoms with Gasteiger partial charge in [0.05, 0.1) is 5.56 Å². The first-order chi connectivity index (χ1) is 12.6. The van der Waals surface area contributed by atoms with Crippen LogP contribution in [0.15, 0.2) is 24.3 Å². The predicted molar refractivity (Wildman–Crippen MR) is 87.9 cm³/mol. The molecule has 4 N–H and O–H groups in total. The van der Waals surface area contributed by atoms with Crippen molar-refractivity contribution in [3.8, 4) is 5.75 Å². The third-order valence-electron chi connectivity index (χ3n) is 3.11. The fraction of sp³-hybridized carbons (Fsp3) is 0.375. The number of carbonyl (C=O) groups excluding carboxylic acids is 4. The maximum atomic E-state index is 12.4. The molecule has 0 aliphatic carbocycles. The largest absolute Gasteiger partial charge is 0.451 e. The Balaban J connectivity index is 2.69. The molecule has 27 heavy (non-hydrogen) atoms. The zero-order valence-corrected chi connectivity index (χ0v) is 14.5. The molecule has 1 aromatic carbocycles. The Hall–Kier alpha value is -3.24. The molecule has 9 nitrogen and oxygen atoms in total. The molecule has 0 saturated heterocycles. The Morgan fingerprint density at radius 1 is 1.15 bits per heavy atom. The molecule has 0 fully saturated rings. The Morgan fingerprint density at radius 2 is 1.78 bits per heavy atom. The van der Waals surface area contributed by atoms with E-state index in [1.807, 2.05) is 0 Å². The lowest BCUT2D eigenvalue weighted by Crippen LogP contribution is -2.46. The van der Waals surface area contributed by atoms with E-state index in [1.165, 1.54) is 24.3 Å². The van der Waals surface area contributed by atoms with Gasteiger partial charge in [0.1, 0.15) is 12.3 Å². The van der Waals surface area contributed by atoms with Crippen molar-refractivity contribution < 1.29 is 37.4 Å². The first-order valence-corrected chi connectivity index (χ1v) is 7.73. The average Bonchev–Trinajstić information content (AvgIpc) is 2.56. The van der Waals surface area contributed by atoms with Crippen molar-refractivity contribution in [1.82, 2.24) is 10.6 Å². The van der Waals surface area contributed by atoms with E-state index in [2.05, 4.69) is 10.1 Å². The summed E-state index contributed by atoms with van der Waals surface area (Å²) in [7, 11) is 0. The van der Waals surface area contributed by atoms with Crippen molar-refractivity contribution in [2.24, 2.45) is 11.7 Å². The van der Waals surface area contributed by atoms with E-state index in [9.17, 15) is 28.0 Å². The van der Waals surface area contributed by atoms with Crippen molar-refractivity contribution >= 4 is 23.8 Å². The second-order valence-electron chi connectivity index (χ2n) is 5.57. The van der Waals surface area contributed by atoms with E-state index in [-0.39, 0.29) is 11.3 Å². The number of benzene rings is 1. The number of halogens is 2. The average molecular weight is 387 g/mol. The minimum atomic E-state index is -3.13. The minimum Gasteiger partial charge on any atom is -0.451 e. The van der Waals surface area contributed by atoms with Gasteiger partial charge in [0.15, 0.2) is 6.10 Å². The molecule has 1 atom stereocenters. The summed E-state index contributed by atoms with van der Waals surface area (Å²) >= 11 is 0. The molecule has 0 aliphatic rings. The molecule has 0 aliphatic heterocycles. The molecule has 0 aromatic heterocycles. The number of nitrogens with one attached hydrogen (secondary N) is 2. The number of hydrogen-bond donors (Lipinski definition) is 3. The third-order valence-corrected chi connectivity index (χ3v) is 3.11. The van der Waals surface area contributed by atoms with Crippen molar-refractivity contribution in [2.45, 2.75) is 26.6 Å². The number of esters is 1. The number of nitrogens with two attached hydrogens (primary N) is 1. The summed E-state index contributed by atoms with van der Waals surface area (Å²) in [5, 5.41) is 3.97. The summed E-state index contributed by atoms with van der Waals surface area (Å²) in [6.07, 6.45) is -1.31. The zero-order valence-electron chi connectivity index (χ0n) is 14.5. The number of urea groups is 1. The summed E-state index contributed by atoms with van der Waals surface area (Å²) < 4.78 is 33.9. The van der Waals surface area contributed by atoms with Gasteiger partial charge in [-0.1, -0.05) is 26.0 Å². The van der Waals surface area contributed by atoms with Crippen LogP contribution in [0.4, 0.5) is 13.6 Å². The summed E-state index contributed by atoms with van der Waals surface area (Å²) in [6, 6.07) is 4.12. The second kappa shape index (κ2) is 10.0. The molecular formula is C16H19F2N3O6. The van der Waals surface area contributed by atoms with Crippen molar-refractivity contribution in [1.29, 1.82) is 0 Å². The van der Waals surface area contributed by atoms with Gasteiger partial charge in [0, 0.05) is 0 Å². The number of rotatable bonds is 8. The van der Waals surface area contributed by atoms with Crippen LogP contribution < -0.4 is 21.1 Å². The van der Waals surface area contributed by atoms with Crippen LogP contribution >= 0.6 is 0 Å². The Bertz CT molecular complexity index is 711. The van der Waals surface area contributed by atoms with Crippen molar-refractivity contribution in [3.05, 3.63) is 29.8 Å². The lowest BCUT2D eigenvalue weighted by Gasteiger charge is -2.20. The number of amides is 4. The van der Waals surface area contributed by atoms with Crippen LogP contribution in [0.2, 0.25) is 0 Å². The molecule has 0 bridgehead atoms. The summed E-state index contributed by atoms with van der Waals surface area (Å²) in [5.41, 5.74) is 4.63. The maximum absolute atomic E-state index is 12.4. The summed E-state index contributed by atoms with van der Waals surface area (Å²) in [5.74, 6) is -3.59. The lowest BCUT2D eigenvalue weighted by molar-refractivity contribution is -0.157. The maximum Gasteiger partial charge on any atom is 0.387 e. The van der Waals surface area contributed by atoms with Gasteiger partial charge in [-0.15, -0.1) is 0 Å². The molecule has 0 saturated carbocycles. The van der Waals surface area contributed by atoms with Gasteiger partial charge in [-0.3, -0.25) is 19.7 Å². The first kappa shape index (κ1) is 21.8. The number of primary amides is 1. The third kappa shape index (κ3) is 7.26. The van der Waals surface area contributed by atoms with Crippen LogP contribution in [0.1, 0.15) is 24.2 Å².